The molecule has 0 unspecified atom stereocenters. The van der Waals surface area contributed by atoms with Crippen molar-refractivity contribution >= 4 is 55.6 Å². The summed E-state index contributed by atoms with van der Waals surface area (Å²) in [5.74, 6) is 0.947. The maximum absolute atomic E-state index is 13.0. The number of aromatic nitrogens is 2. The van der Waals surface area contributed by atoms with E-state index in [1.165, 1.54) is 16.8 Å². The molecule has 0 aliphatic rings. The third-order valence-electron chi connectivity index (χ3n) is 4.56. The smallest absolute Gasteiger partial charge is 0.282 e. The topological polar surface area (TPSA) is 56.5 Å². The van der Waals surface area contributed by atoms with Crippen molar-refractivity contribution in [1.29, 1.82) is 0 Å². The SMILES string of the molecule is Cc1nc2ccc(Br)cc2c(=O)n1N=Cc1ccc(OCc2ccc(F)cc2)c(I)c1. The van der Waals surface area contributed by atoms with Crippen LogP contribution >= 0.6 is 38.5 Å². The van der Waals surface area contributed by atoms with Gasteiger partial charge in [0.2, 0.25) is 0 Å². The molecule has 0 saturated heterocycles. The van der Waals surface area contributed by atoms with Crippen LogP contribution in [0.3, 0.4) is 0 Å². The van der Waals surface area contributed by atoms with Gasteiger partial charge in [-0.25, -0.2) is 9.37 Å². The molecule has 8 heteroatoms. The summed E-state index contributed by atoms with van der Waals surface area (Å²) in [6, 6.07) is 17.2. The van der Waals surface area contributed by atoms with Crippen LogP contribution in [0, 0.1) is 16.3 Å². The van der Waals surface area contributed by atoms with Crippen LogP contribution in [0.2, 0.25) is 0 Å². The van der Waals surface area contributed by atoms with Gasteiger partial charge in [0.1, 0.15) is 24.0 Å². The van der Waals surface area contributed by atoms with Gasteiger partial charge in [-0.3, -0.25) is 4.79 Å². The van der Waals surface area contributed by atoms with Crippen LogP contribution < -0.4 is 10.3 Å². The Balaban J connectivity index is 1.55. The minimum atomic E-state index is -0.273. The summed E-state index contributed by atoms with van der Waals surface area (Å²) in [5.41, 5.74) is 2.11. The monoisotopic (exact) mass is 591 g/mol. The standard InChI is InChI=1S/C23H16BrFIN3O2/c1-14-28-21-8-5-17(24)11-19(21)23(30)29(14)27-12-16-4-9-22(20(26)10-16)31-13-15-2-6-18(25)7-3-15/h2-12H,13H2,1H3. The molecule has 5 nitrogen and oxygen atoms in total. The molecule has 31 heavy (non-hydrogen) atoms. The van der Waals surface area contributed by atoms with E-state index in [4.69, 9.17) is 4.74 Å². The van der Waals surface area contributed by atoms with Crippen LogP contribution in [-0.4, -0.2) is 15.9 Å². The van der Waals surface area contributed by atoms with Crippen molar-refractivity contribution < 1.29 is 9.13 Å². The summed E-state index contributed by atoms with van der Waals surface area (Å²) < 4.78 is 21.8. The Morgan fingerprint density at radius 3 is 2.68 bits per heavy atom. The molecule has 0 aliphatic heterocycles. The third kappa shape index (κ3) is 5.01. The molecule has 156 valence electrons. The van der Waals surface area contributed by atoms with E-state index in [0.717, 1.165) is 19.2 Å². The Morgan fingerprint density at radius 2 is 1.94 bits per heavy atom. The van der Waals surface area contributed by atoms with Crippen molar-refractivity contribution in [2.24, 2.45) is 5.10 Å². The van der Waals surface area contributed by atoms with Crippen LogP contribution in [0.25, 0.3) is 10.9 Å². The van der Waals surface area contributed by atoms with Gasteiger partial charge in [-0.1, -0.05) is 28.1 Å². The lowest BCUT2D eigenvalue weighted by molar-refractivity contribution is 0.304. The molecule has 4 rings (SSSR count). The van der Waals surface area contributed by atoms with Gasteiger partial charge in [0.25, 0.3) is 5.56 Å². The fourth-order valence-electron chi connectivity index (χ4n) is 2.98. The molecule has 0 amide bonds. The number of halogens is 3. The van der Waals surface area contributed by atoms with E-state index < -0.39 is 0 Å². The first-order valence-corrected chi connectivity index (χ1v) is 11.2. The van der Waals surface area contributed by atoms with Crippen molar-refractivity contribution in [3.63, 3.8) is 0 Å². The van der Waals surface area contributed by atoms with Crippen molar-refractivity contribution in [3.8, 4) is 5.75 Å². The number of ether oxygens (including phenoxy) is 1. The number of rotatable bonds is 5. The molecule has 0 N–H and O–H groups in total. The molecule has 0 spiro atoms. The number of hydrogen-bond acceptors (Lipinski definition) is 4. The number of fused-ring (bicyclic) bond motifs is 1. The molecule has 0 radical (unpaired) electrons. The second kappa shape index (κ2) is 9.27. The highest BCUT2D eigenvalue weighted by atomic mass is 127. The summed E-state index contributed by atoms with van der Waals surface area (Å²) >= 11 is 5.57. The van der Waals surface area contributed by atoms with Gasteiger partial charge in [0, 0.05) is 4.47 Å². The molecule has 0 atom stereocenters. The summed E-state index contributed by atoms with van der Waals surface area (Å²) in [6.07, 6.45) is 1.62. The Morgan fingerprint density at radius 1 is 1.16 bits per heavy atom. The van der Waals surface area contributed by atoms with Crippen molar-refractivity contribution in [3.05, 3.63) is 102 Å². The van der Waals surface area contributed by atoms with E-state index in [9.17, 15) is 9.18 Å². The lowest BCUT2D eigenvalue weighted by atomic mass is 10.2. The summed E-state index contributed by atoms with van der Waals surface area (Å²) in [7, 11) is 0. The molecule has 4 aromatic rings. The number of nitrogens with zero attached hydrogens (tertiary/aromatic N) is 3. The van der Waals surface area contributed by atoms with Crippen molar-refractivity contribution in [1.82, 2.24) is 9.66 Å². The van der Waals surface area contributed by atoms with Crippen LogP contribution in [0.1, 0.15) is 17.0 Å². The van der Waals surface area contributed by atoms with Gasteiger partial charge < -0.3 is 4.74 Å². The minimum Gasteiger partial charge on any atom is -0.488 e. The van der Waals surface area contributed by atoms with E-state index in [1.807, 2.05) is 24.3 Å². The van der Waals surface area contributed by atoms with Gasteiger partial charge in [0.05, 0.1) is 20.7 Å². The first-order chi connectivity index (χ1) is 14.9. The molecular formula is C23H16BrFIN3O2. The Labute approximate surface area is 199 Å². The predicted octanol–water partition coefficient (Wildman–Crippen LogP) is 5.67. The van der Waals surface area contributed by atoms with Gasteiger partial charge in [-0.2, -0.15) is 9.78 Å². The molecule has 3 aromatic carbocycles. The van der Waals surface area contributed by atoms with Crippen molar-refractivity contribution in [2.75, 3.05) is 0 Å². The summed E-state index contributed by atoms with van der Waals surface area (Å²) in [6.45, 7) is 2.09. The number of hydrogen-bond donors (Lipinski definition) is 0. The maximum atomic E-state index is 13.0. The first kappa shape index (κ1) is 21.6. The van der Waals surface area contributed by atoms with Gasteiger partial charge in [-0.05, 0) is 89.2 Å². The van der Waals surface area contributed by atoms with Crippen LogP contribution in [0.15, 0.2) is 75.0 Å². The molecule has 1 aromatic heterocycles. The van der Waals surface area contributed by atoms with E-state index in [2.05, 4.69) is 48.6 Å². The highest BCUT2D eigenvalue weighted by Crippen LogP contribution is 2.23. The molecule has 0 saturated carbocycles. The van der Waals surface area contributed by atoms with Gasteiger partial charge in [0.15, 0.2) is 0 Å². The summed E-state index contributed by atoms with van der Waals surface area (Å²) in [5, 5.41) is 4.85. The third-order valence-corrected chi connectivity index (χ3v) is 5.89. The number of benzene rings is 3. The molecule has 0 bridgehead atoms. The highest BCUT2D eigenvalue weighted by Gasteiger charge is 2.08. The fourth-order valence-corrected chi connectivity index (χ4v) is 4.03. The van der Waals surface area contributed by atoms with E-state index in [1.54, 1.807) is 37.4 Å². The van der Waals surface area contributed by atoms with E-state index in [-0.39, 0.29) is 11.4 Å². The Hall–Kier alpha value is -2.59. The van der Waals surface area contributed by atoms with E-state index in [0.29, 0.717) is 29.1 Å². The lowest BCUT2D eigenvalue weighted by Crippen LogP contribution is -2.20. The molecule has 0 aliphatic carbocycles. The zero-order valence-corrected chi connectivity index (χ0v) is 20.1. The normalized spacial score (nSPS) is 11.4. The lowest BCUT2D eigenvalue weighted by Gasteiger charge is -2.09. The zero-order chi connectivity index (χ0) is 22.0. The minimum absolute atomic E-state index is 0.228. The molecule has 1 heterocycles. The van der Waals surface area contributed by atoms with Crippen LogP contribution in [0.5, 0.6) is 5.75 Å². The largest absolute Gasteiger partial charge is 0.488 e. The number of aryl methyl sites for hydroxylation is 1. The highest BCUT2D eigenvalue weighted by molar-refractivity contribution is 14.1. The van der Waals surface area contributed by atoms with Gasteiger partial charge in [-0.15, -0.1) is 0 Å². The fraction of sp³-hybridized carbons (Fsp3) is 0.0870. The predicted molar refractivity (Wildman–Crippen MR) is 131 cm³/mol. The van der Waals surface area contributed by atoms with E-state index >= 15 is 0 Å². The second-order valence-electron chi connectivity index (χ2n) is 6.79. The quantitative estimate of drug-likeness (QED) is 0.222. The second-order valence-corrected chi connectivity index (χ2v) is 8.86. The Kier molecular flexibility index (Phi) is 6.47. The van der Waals surface area contributed by atoms with Crippen LogP contribution in [-0.2, 0) is 6.61 Å². The zero-order valence-electron chi connectivity index (χ0n) is 16.3. The average Bonchev–Trinajstić information content (AvgIpc) is 2.75. The molecule has 0 fully saturated rings. The maximum Gasteiger partial charge on any atom is 0.282 e. The Bertz CT molecular complexity index is 1350. The van der Waals surface area contributed by atoms with Crippen molar-refractivity contribution in [2.45, 2.75) is 13.5 Å². The summed E-state index contributed by atoms with van der Waals surface area (Å²) in [4.78, 5) is 17.3. The van der Waals surface area contributed by atoms with Crippen LogP contribution in [0.4, 0.5) is 4.39 Å². The average molecular weight is 592 g/mol. The van der Waals surface area contributed by atoms with Gasteiger partial charge >= 0.3 is 0 Å². The molecular weight excluding hydrogens is 576 g/mol. The first-order valence-electron chi connectivity index (χ1n) is 9.31.